The van der Waals surface area contributed by atoms with Crippen molar-refractivity contribution in [3.8, 4) is 0 Å². The van der Waals surface area contributed by atoms with Crippen LogP contribution in [0.1, 0.15) is 37.7 Å². The van der Waals surface area contributed by atoms with Crippen LogP contribution in [0.15, 0.2) is 30.3 Å². The normalized spacial score (nSPS) is 25.9. The first-order valence-electron chi connectivity index (χ1n) is 10.6. The minimum absolute atomic E-state index is 0.164. The predicted molar refractivity (Wildman–Crippen MR) is 107 cm³/mol. The molecule has 1 aromatic carbocycles. The van der Waals surface area contributed by atoms with E-state index in [0.29, 0.717) is 12.6 Å². The quantitative estimate of drug-likeness (QED) is 0.797. The highest BCUT2D eigenvalue weighted by molar-refractivity contribution is 5.78. The molecule has 3 fully saturated rings. The maximum Gasteiger partial charge on any atom is 0.234 e. The van der Waals surface area contributed by atoms with Crippen LogP contribution >= 0.6 is 0 Å². The third-order valence-corrected chi connectivity index (χ3v) is 6.64. The molecular weight excluding hydrogens is 338 g/mol. The van der Waals surface area contributed by atoms with E-state index < -0.39 is 0 Å². The fourth-order valence-electron chi connectivity index (χ4n) is 4.70. The molecule has 3 aliphatic rings. The zero-order valence-corrected chi connectivity index (χ0v) is 16.4. The van der Waals surface area contributed by atoms with E-state index in [-0.39, 0.29) is 11.3 Å². The number of ether oxygens (including phenoxy) is 1. The molecule has 0 bridgehead atoms. The van der Waals surface area contributed by atoms with Gasteiger partial charge in [0.25, 0.3) is 0 Å². The minimum atomic E-state index is 0.164. The number of carbonyl (C=O) groups is 1. The Bertz CT molecular complexity index is 603. The van der Waals surface area contributed by atoms with Crippen molar-refractivity contribution < 1.29 is 9.53 Å². The average Bonchev–Trinajstić information content (AvgIpc) is 3.16. The number of hydrogen-bond donors (Lipinski definition) is 1. The molecule has 1 aliphatic carbocycles. The van der Waals surface area contributed by atoms with Crippen LogP contribution in [0.2, 0.25) is 0 Å². The molecule has 0 aromatic heterocycles. The molecule has 0 spiro atoms. The Morgan fingerprint density at radius 3 is 2.44 bits per heavy atom. The van der Waals surface area contributed by atoms with Crippen molar-refractivity contribution in [1.82, 2.24) is 15.1 Å². The van der Waals surface area contributed by atoms with Gasteiger partial charge in [0, 0.05) is 51.3 Å². The zero-order valence-electron chi connectivity index (χ0n) is 16.4. The maximum atomic E-state index is 12.5. The van der Waals surface area contributed by atoms with Crippen LogP contribution in [0, 0.1) is 0 Å². The van der Waals surface area contributed by atoms with Crippen molar-refractivity contribution in [3.05, 3.63) is 35.9 Å². The van der Waals surface area contributed by atoms with Crippen molar-refractivity contribution in [2.24, 2.45) is 0 Å². The Morgan fingerprint density at radius 1 is 1.07 bits per heavy atom. The third-order valence-electron chi connectivity index (χ3n) is 6.64. The van der Waals surface area contributed by atoms with Gasteiger partial charge in [-0.15, -0.1) is 0 Å². The van der Waals surface area contributed by atoms with Crippen LogP contribution < -0.4 is 5.32 Å². The molecule has 1 amide bonds. The molecule has 5 heteroatoms. The summed E-state index contributed by atoms with van der Waals surface area (Å²) in [4.78, 5) is 17.3. The first-order chi connectivity index (χ1) is 13.2. The van der Waals surface area contributed by atoms with Gasteiger partial charge in [-0.05, 0) is 31.2 Å². The van der Waals surface area contributed by atoms with Gasteiger partial charge >= 0.3 is 0 Å². The second-order valence-electron chi connectivity index (χ2n) is 8.49. The Kier molecular flexibility index (Phi) is 6.11. The molecule has 1 N–H and O–H groups in total. The van der Waals surface area contributed by atoms with Crippen molar-refractivity contribution in [2.75, 3.05) is 52.4 Å². The van der Waals surface area contributed by atoms with Gasteiger partial charge in [0.15, 0.2) is 0 Å². The largest absolute Gasteiger partial charge is 0.377 e. The highest BCUT2D eigenvalue weighted by Gasteiger charge is 2.38. The molecule has 4 rings (SSSR count). The molecule has 1 aromatic rings. The fraction of sp³-hybridized carbons (Fsp3) is 0.682. The standard InChI is InChI=1S/C22H33N3O2/c26-21(23-18-22(9-5-10-22)19-6-2-1-3-7-19)17-25-13-11-24(12-14-25)16-20-8-4-15-27-20/h1-3,6-7,20H,4-5,8-18H2,(H,23,26). The number of nitrogens with one attached hydrogen (secondary N) is 1. The topological polar surface area (TPSA) is 44.8 Å². The van der Waals surface area contributed by atoms with Crippen LogP contribution in [-0.2, 0) is 14.9 Å². The lowest BCUT2D eigenvalue weighted by Gasteiger charge is -2.43. The van der Waals surface area contributed by atoms with Crippen LogP contribution in [0.3, 0.4) is 0 Å². The second kappa shape index (κ2) is 8.72. The summed E-state index contributed by atoms with van der Waals surface area (Å²) in [5.74, 6) is 0.171. The number of nitrogens with zero attached hydrogens (tertiary/aromatic N) is 2. The minimum Gasteiger partial charge on any atom is -0.377 e. The summed E-state index contributed by atoms with van der Waals surface area (Å²) in [6, 6.07) is 10.7. The molecule has 2 aliphatic heterocycles. The van der Waals surface area contributed by atoms with Gasteiger partial charge in [-0.25, -0.2) is 0 Å². The smallest absolute Gasteiger partial charge is 0.234 e. The predicted octanol–water partition coefficient (Wildman–Crippen LogP) is 2.02. The molecule has 5 nitrogen and oxygen atoms in total. The summed E-state index contributed by atoms with van der Waals surface area (Å²) in [6.45, 7) is 7.32. The lowest BCUT2D eigenvalue weighted by Crippen LogP contribution is -2.52. The SMILES string of the molecule is O=C(CN1CCN(CC2CCCO2)CC1)NCC1(c2ccccc2)CCC1. The molecule has 27 heavy (non-hydrogen) atoms. The summed E-state index contributed by atoms with van der Waals surface area (Å²) in [5, 5.41) is 3.23. The molecule has 148 valence electrons. The van der Waals surface area contributed by atoms with Gasteiger partial charge in [-0.3, -0.25) is 14.6 Å². The molecule has 1 unspecified atom stereocenters. The van der Waals surface area contributed by atoms with E-state index in [4.69, 9.17) is 4.74 Å². The van der Waals surface area contributed by atoms with Crippen LogP contribution in [0.4, 0.5) is 0 Å². The van der Waals surface area contributed by atoms with E-state index in [0.717, 1.165) is 45.9 Å². The molecule has 2 saturated heterocycles. The first-order valence-corrected chi connectivity index (χ1v) is 10.6. The highest BCUT2D eigenvalue weighted by Crippen LogP contribution is 2.43. The average molecular weight is 372 g/mol. The number of carbonyl (C=O) groups excluding carboxylic acids is 1. The maximum absolute atomic E-state index is 12.5. The molecule has 2 heterocycles. The first kappa shape index (κ1) is 18.9. The molecule has 1 atom stereocenters. The van der Waals surface area contributed by atoms with Gasteiger partial charge in [-0.1, -0.05) is 36.8 Å². The van der Waals surface area contributed by atoms with Crippen LogP contribution in [0.5, 0.6) is 0 Å². The van der Waals surface area contributed by atoms with Crippen molar-refractivity contribution in [3.63, 3.8) is 0 Å². The Balaban J connectivity index is 1.19. The van der Waals surface area contributed by atoms with Crippen molar-refractivity contribution in [2.45, 2.75) is 43.6 Å². The van der Waals surface area contributed by atoms with Gasteiger partial charge in [0.05, 0.1) is 12.6 Å². The monoisotopic (exact) mass is 371 g/mol. The Morgan fingerprint density at radius 2 is 1.81 bits per heavy atom. The van der Waals surface area contributed by atoms with E-state index in [9.17, 15) is 4.79 Å². The summed E-state index contributed by atoms with van der Waals surface area (Å²) in [6.07, 6.45) is 6.45. The zero-order chi connectivity index (χ0) is 18.5. The van der Waals surface area contributed by atoms with Crippen LogP contribution in [0.25, 0.3) is 0 Å². The number of rotatable bonds is 7. The number of hydrogen-bond acceptors (Lipinski definition) is 4. The van der Waals surface area contributed by atoms with Gasteiger partial charge in [0.1, 0.15) is 0 Å². The van der Waals surface area contributed by atoms with E-state index in [1.54, 1.807) is 0 Å². The summed E-state index contributed by atoms with van der Waals surface area (Å²) >= 11 is 0. The Hall–Kier alpha value is -1.43. The van der Waals surface area contributed by atoms with Crippen molar-refractivity contribution >= 4 is 5.91 Å². The van der Waals surface area contributed by atoms with Gasteiger partial charge in [0.2, 0.25) is 5.91 Å². The number of piperazine rings is 1. The van der Waals surface area contributed by atoms with Crippen molar-refractivity contribution in [1.29, 1.82) is 0 Å². The molecule has 1 saturated carbocycles. The van der Waals surface area contributed by atoms with E-state index in [2.05, 4.69) is 45.4 Å². The lowest BCUT2D eigenvalue weighted by atomic mass is 9.64. The third kappa shape index (κ3) is 4.71. The summed E-state index contributed by atoms with van der Waals surface area (Å²) in [5.41, 5.74) is 1.54. The van der Waals surface area contributed by atoms with E-state index in [1.807, 2.05) is 0 Å². The lowest BCUT2D eigenvalue weighted by molar-refractivity contribution is -0.123. The second-order valence-corrected chi connectivity index (χ2v) is 8.49. The van der Waals surface area contributed by atoms with Crippen LogP contribution in [-0.4, -0.2) is 74.2 Å². The Labute approximate surface area is 163 Å². The van der Waals surface area contributed by atoms with Gasteiger partial charge in [-0.2, -0.15) is 0 Å². The highest BCUT2D eigenvalue weighted by atomic mass is 16.5. The fourth-order valence-corrected chi connectivity index (χ4v) is 4.70. The molecular formula is C22H33N3O2. The van der Waals surface area contributed by atoms with Gasteiger partial charge < -0.3 is 10.1 Å². The summed E-state index contributed by atoms with van der Waals surface area (Å²) in [7, 11) is 0. The molecule has 0 radical (unpaired) electrons. The van der Waals surface area contributed by atoms with E-state index >= 15 is 0 Å². The van der Waals surface area contributed by atoms with E-state index in [1.165, 1.54) is 37.7 Å². The number of amides is 1. The summed E-state index contributed by atoms with van der Waals surface area (Å²) < 4.78 is 5.74. The number of benzene rings is 1.